The van der Waals surface area contributed by atoms with Gasteiger partial charge >= 0.3 is 18.2 Å². The summed E-state index contributed by atoms with van der Waals surface area (Å²) in [5, 5.41) is 17.1. The first-order valence-electron chi connectivity index (χ1n) is 9.56. The van der Waals surface area contributed by atoms with Crippen LogP contribution in [0.25, 0.3) is 0 Å². The van der Waals surface area contributed by atoms with Gasteiger partial charge in [0.05, 0.1) is 12.7 Å². The minimum absolute atomic E-state index is 0.0657. The molecule has 0 bridgehead atoms. The zero-order valence-electron chi connectivity index (χ0n) is 17.4. The third-order valence-electron chi connectivity index (χ3n) is 4.13. The Hall–Kier alpha value is -3.80. The molecule has 1 unspecified atom stereocenters. The molecule has 0 aliphatic carbocycles. The van der Waals surface area contributed by atoms with Crippen molar-refractivity contribution in [3.63, 3.8) is 0 Å². The maximum atomic E-state index is 12.7. The Morgan fingerprint density at radius 1 is 1.06 bits per heavy atom. The first-order chi connectivity index (χ1) is 15.6. The smallest absolute Gasteiger partial charge is 0.416 e. The van der Waals surface area contributed by atoms with Crippen molar-refractivity contribution in [3.8, 4) is 5.75 Å². The topological polar surface area (TPSA) is 126 Å². The molecule has 0 saturated carbocycles. The van der Waals surface area contributed by atoms with E-state index in [-0.39, 0.29) is 31.0 Å². The predicted octanol–water partition coefficient (Wildman–Crippen LogP) is 2.17. The van der Waals surface area contributed by atoms with Gasteiger partial charge in [-0.25, -0.2) is 4.79 Å². The number of aliphatic hydroxyl groups excluding tert-OH is 1. The Balaban J connectivity index is 1.75. The maximum absolute atomic E-state index is 12.7. The second-order valence-corrected chi connectivity index (χ2v) is 6.66. The van der Waals surface area contributed by atoms with E-state index >= 15 is 0 Å². The maximum Gasteiger partial charge on any atom is 0.416 e. The number of rotatable bonds is 9. The number of benzene rings is 2. The summed E-state index contributed by atoms with van der Waals surface area (Å²) in [4.78, 5) is 34.9. The zero-order chi connectivity index (χ0) is 24.4. The van der Waals surface area contributed by atoms with Crippen LogP contribution in [0, 0.1) is 0 Å². The first-order valence-corrected chi connectivity index (χ1v) is 9.56. The Labute approximate surface area is 186 Å². The number of carbonyl (C=O) groups is 3. The van der Waals surface area contributed by atoms with Gasteiger partial charge in [-0.1, -0.05) is 6.07 Å². The lowest BCUT2D eigenvalue weighted by Gasteiger charge is -2.15. The number of esters is 1. The van der Waals surface area contributed by atoms with Crippen LogP contribution in [0.3, 0.4) is 0 Å². The van der Waals surface area contributed by atoms with Crippen LogP contribution >= 0.6 is 0 Å². The highest BCUT2D eigenvalue weighted by Gasteiger charge is 2.30. The molecule has 0 heterocycles. The number of aliphatic hydroxyl groups is 1. The molecule has 1 atom stereocenters. The second kappa shape index (κ2) is 11.7. The molecular formula is C21H22F3N3O6. The predicted molar refractivity (Wildman–Crippen MR) is 111 cm³/mol. The van der Waals surface area contributed by atoms with E-state index in [2.05, 4.69) is 20.7 Å². The minimum atomic E-state index is -4.51. The first kappa shape index (κ1) is 25.5. The number of methoxy groups -OCH3 is 1. The lowest BCUT2D eigenvalue weighted by atomic mass is 10.2. The summed E-state index contributed by atoms with van der Waals surface area (Å²) in [6, 6.07) is 9.34. The molecule has 0 aliphatic rings. The number of hydrogen-bond acceptors (Lipinski definition) is 6. The molecule has 0 aliphatic heterocycles. The van der Waals surface area contributed by atoms with E-state index < -0.39 is 35.8 Å². The fraction of sp³-hybridized carbons (Fsp3) is 0.286. The average molecular weight is 469 g/mol. The number of ether oxygens (including phenoxy) is 2. The number of amides is 3. The zero-order valence-corrected chi connectivity index (χ0v) is 17.4. The van der Waals surface area contributed by atoms with Gasteiger partial charge in [0.15, 0.2) is 0 Å². The van der Waals surface area contributed by atoms with E-state index in [4.69, 9.17) is 4.74 Å². The lowest BCUT2D eigenvalue weighted by molar-refractivity contribution is -0.139. The fourth-order valence-corrected chi connectivity index (χ4v) is 2.43. The largest absolute Gasteiger partial charge is 0.491 e. The molecule has 2 aromatic carbocycles. The van der Waals surface area contributed by atoms with E-state index in [1.165, 1.54) is 43.5 Å². The van der Waals surface area contributed by atoms with Gasteiger partial charge in [0.2, 0.25) is 0 Å². The Kier molecular flexibility index (Phi) is 9.04. The number of hydrogen-bond donors (Lipinski definition) is 4. The van der Waals surface area contributed by atoms with Crippen molar-refractivity contribution >= 4 is 23.6 Å². The van der Waals surface area contributed by atoms with Crippen LogP contribution in [0.15, 0.2) is 48.5 Å². The van der Waals surface area contributed by atoms with Crippen LogP contribution < -0.4 is 20.7 Å². The van der Waals surface area contributed by atoms with Crippen molar-refractivity contribution in [1.82, 2.24) is 10.6 Å². The normalized spacial score (nSPS) is 11.8. The van der Waals surface area contributed by atoms with Crippen molar-refractivity contribution in [1.29, 1.82) is 0 Å². The monoisotopic (exact) mass is 469 g/mol. The highest BCUT2D eigenvalue weighted by Crippen LogP contribution is 2.31. The van der Waals surface area contributed by atoms with Gasteiger partial charge in [-0.2, -0.15) is 13.2 Å². The van der Waals surface area contributed by atoms with E-state index in [0.29, 0.717) is 5.69 Å². The SMILES string of the molecule is COC(=O)CNC(=O)c1ccc(NC(=O)NCC(O)COc2cccc(C(F)(F)F)c2)cc1. The van der Waals surface area contributed by atoms with Crippen molar-refractivity contribution < 1.29 is 42.1 Å². The molecule has 0 aromatic heterocycles. The van der Waals surface area contributed by atoms with Crippen LogP contribution in [0.5, 0.6) is 5.75 Å². The van der Waals surface area contributed by atoms with Crippen molar-refractivity contribution in [2.75, 3.05) is 32.1 Å². The number of halogens is 3. The molecule has 2 aromatic rings. The minimum Gasteiger partial charge on any atom is -0.491 e. The molecule has 0 spiro atoms. The van der Waals surface area contributed by atoms with Crippen molar-refractivity contribution in [2.24, 2.45) is 0 Å². The van der Waals surface area contributed by atoms with Crippen LogP contribution in [-0.2, 0) is 15.7 Å². The van der Waals surface area contributed by atoms with Crippen LogP contribution in [0.1, 0.15) is 15.9 Å². The van der Waals surface area contributed by atoms with Gasteiger partial charge in [0.1, 0.15) is 25.0 Å². The summed E-state index contributed by atoms with van der Waals surface area (Å²) in [6.45, 7) is -0.840. The van der Waals surface area contributed by atoms with E-state index in [1.54, 1.807) is 0 Å². The Morgan fingerprint density at radius 3 is 2.39 bits per heavy atom. The highest BCUT2D eigenvalue weighted by molar-refractivity contribution is 5.96. The molecule has 4 N–H and O–H groups in total. The number of urea groups is 1. The van der Waals surface area contributed by atoms with Crippen molar-refractivity contribution in [2.45, 2.75) is 12.3 Å². The fourth-order valence-electron chi connectivity index (χ4n) is 2.43. The molecule has 12 heteroatoms. The number of carbonyl (C=O) groups excluding carboxylic acids is 3. The molecule has 0 fully saturated rings. The number of alkyl halides is 3. The summed E-state index contributed by atoms with van der Waals surface area (Å²) >= 11 is 0. The molecular weight excluding hydrogens is 447 g/mol. The molecule has 9 nitrogen and oxygen atoms in total. The molecule has 0 saturated heterocycles. The summed E-state index contributed by atoms with van der Waals surface area (Å²) in [6.07, 6.45) is -5.69. The highest BCUT2D eigenvalue weighted by atomic mass is 19.4. The third-order valence-corrected chi connectivity index (χ3v) is 4.13. The van der Waals surface area contributed by atoms with Crippen molar-refractivity contribution in [3.05, 3.63) is 59.7 Å². The van der Waals surface area contributed by atoms with E-state index in [9.17, 15) is 32.7 Å². The molecule has 3 amide bonds. The Morgan fingerprint density at radius 2 is 1.76 bits per heavy atom. The van der Waals surface area contributed by atoms with Gasteiger partial charge in [-0.05, 0) is 42.5 Å². The summed E-state index contributed by atoms with van der Waals surface area (Å²) < 4.78 is 47.7. The van der Waals surface area contributed by atoms with Gasteiger partial charge < -0.3 is 30.5 Å². The van der Waals surface area contributed by atoms with E-state index in [1.807, 2.05) is 0 Å². The van der Waals surface area contributed by atoms with Gasteiger partial charge in [-0.3, -0.25) is 9.59 Å². The van der Waals surface area contributed by atoms with E-state index in [0.717, 1.165) is 12.1 Å². The molecule has 33 heavy (non-hydrogen) atoms. The Bertz CT molecular complexity index is 966. The second-order valence-electron chi connectivity index (χ2n) is 6.66. The van der Waals surface area contributed by atoms with Gasteiger partial charge in [-0.15, -0.1) is 0 Å². The van der Waals surface area contributed by atoms with Gasteiger partial charge in [0.25, 0.3) is 5.91 Å². The van der Waals surface area contributed by atoms with Gasteiger partial charge in [0, 0.05) is 17.8 Å². The number of anilines is 1. The quantitative estimate of drug-likeness (QED) is 0.417. The summed E-state index contributed by atoms with van der Waals surface area (Å²) in [5.41, 5.74) is -0.266. The van der Waals surface area contributed by atoms with Crippen LogP contribution in [0.2, 0.25) is 0 Å². The molecule has 2 rings (SSSR count). The summed E-state index contributed by atoms with van der Waals surface area (Å²) in [5.74, 6) is -1.16. The molecule has 178 valence electrons. The van der Waals surface area contributed by atoms with Crippen LogP contribution in [-0.4, -0.2) is 55.9 Å². The molecule has 0 radical (unpaired) electrons. The third kappa shape index (κ3) is 8.69. The summed E-state index contributed by atoms with van der Waals surface area (Å²) in [7, 11) is 1.20. The van der Waals surface area contributed by atoms with Crippen LogP contribution in [0.4, 0.5) is 23.7 Å². The average Bonchev–Trinajstić information content (AvgIpc) is 2.79. The standard InChI is InChI=1S/C21H22F3N3O6/c1-32-18(29)11-25-19(30)13-5-7-15(8-6-13)27-20(31)26-10-16(28)12-33-17-4-2-3-14(9-17)21(22,23)24/h2-9,16,28H,10-12H2,1H3,(H,25,30)(H2,26,27,31). The lowest BCUT2D eigenvalue weighted by Crippen LogP contribution is -2.37. The number of nitrogens with one attached hydrogen (secondary N) is 3.